The van der Waals surface area contributed by atoms with Crippen LogP contribution in [0, 0.1) is 0 Å². The third kappa shape index (κ3) is 5.43. The molecule has 0 saturated heterocycles. The molecular formula is C5H11NO2. The van der Waals surface area contributed by atoms with E-state index in [-0.39, 0.29) is 6.61 Å². The van der Waals surface area contributed by atoms with E-state index in [1.807, 2.05) is 0 Å². The molecule has 0 fully saturated rings. The molecule has 0 amide bonds. The van der Waals surface area contributed by atoms with Gasteiger partial charge in [0.15, 0.2) is 0 Å². The molecule has 0 rings (SSSR count). The highest BCUT2D eigenvalue weighted by molar-refractivity contribution is 5.55. The summed E-state index contributed by atoms with van der Waals surface area (Å²) in [5.41, 5.74) is 0. The highest BCUT2D eigenvalue weighted by Gasteiger charge is 1.77. The van der Waals surface area contributed by atoms with Crippen molar-refractivity contribution < 1.29 is 9.94 Å². The number of aliphatic hydroxyl groups excluding tert-OH is 1. The van der Waals surface area contributed by atoms with E-state index in [1.165, 1.54) is 7.11 Å². The van der Waals surface area contributed by atoms with E-state index in [2.05, 4.69) is 9.99 Å². The largest absolute Gasteiger partial charge is 0.399 e. The van der Waals surface area contributed by atoms with Crippen LogP contribution < -0.4 is 0 Å². The summed E-state index contributed by atoms with van der Waals surface area (Å²) in [6.45, 7) is 0.218. The number of nitrogens with zero attached hydrogens (tertiary/aromatic N) is 1. The zero-order valence-electron chi connectivity index (χ0n) is 5.00. The minimum Gasteiger partial charge on any atom is -0.399 e. The van der Waals surface area contributed by atoms with Gasteiger partial charge in [0.05, 0.1) is 0 Å². The van der Waals surface area contributed by atoms with E-state index in [9.17, 15) is 0 Å². The van der Waals surface area contributed by atoms with Crippen molar-refractivity contribution in [3.63, 3.8) is 0 Å². The van der Waals surface area contributed by atoms with Crippen molar-refractivity contribution >= 4 is 6.21 Å². The smallest absolute Gasteiger partial charge is 0.106 e. The highest BCUT2D eigenvalue weighted by atomic mass is 16.6. The number of aliphatic hydroxyl groups is 1. The Hall–Kier alpha value is -0.570. The van der Waals surface area contributed by atoms with Crippen molar-refractivity contribution in [1.82, 2.24) is 0 Å². The minimum atomic E-state index is 0.218. The topological polar surface area (TPSA) is 41.8 Å². The molecule has 0 aliphatic rings. The highest BCUT2D eigenvalue weighted by Crippen LogP contribution is 1.81. The molecule has 0 unspecified atom stereocenters. The predicted molar refractivity (Wildman–Crippen MR) is 31.8 cm³/mol. The first kappa shape index (κ1) is 7.43. The summed E-state index contributed by atoms with van der Waals surface area (Å²) in [5.74, 6) is 0. The summed E-state index contributed by atoms with van der Waals surface area (Å²) >= 11 is 0. The van der Waals surface area contributed by atoms with Crippen molar-refractivity contribution in [2.75, 3.05) is 13.7 Å². The van der Waals surface area contributed by atoms with Gasteiger partial charge in [-0.25, -0.2) is 0 Å². The molecular weight excluding hydrogens is 106 g/mol. The predicted octanol–water partition coefficient (Wildman–Crippen LogP) is 0.391. The molecule has 0 aromatic heterocycles. The Kier molecular flexibility index (Phi) is 5.97. The van der Waals surface area contributed by atoms with Gasteiger partial charge in [-0.3, -0.25) is 0 Å². The molecule has 0 heterocycles. The molecule has 0 aliphatic carbocycles. The Morgan fingerprint density at radius 3 is 3.00 bits per heavy atom. The van der Waals surface area contributed by atoms with E-state index in [0.717, 1.165) is 12.8 Å². The van der Waals surface area contributed by atoms with E-state index in [0.29, 0.717) is 0 Å². The normalized spacial score (nSPS) is 10.2. The van der Waals surface area contributed by atoms with Gasteiger partial charge in [-0.05, 0) is 12.8 Å². The summed E-state index contributed by atoms with van der Waals surface area (Å²) in [4.78, 5) is 4.38. The zero-order valence-corrected chi connectivity index (χ0v) is 5.00. The van der Waals surface area contributed by atoms with Crippen LogP contribution in [0.15, 0.2) is 5.16 Å². The minimum absolute atomic E-state index is 0.218. The first-order valence-corrected chi connectivity index (χ1v) is 2.57. The number of hydrogen-bond acceptors (Lipinski definition) is 3. The van der Waals surface area contributed by atoms with Gasteiger partial charge in [-0.15, -0.1) is 0 Å². The molecule has 3 heteroatoms. The molecule has 0 aromatic rings. The van der Waals surface area contributed by atoms with Crippen molar-refractivity contribution in [2.45, 2.75) is 12.8 Å². The Morgan fingerprint density at radius 1 is 1.75 bits per heavy atom. The maximum absolute atomic E-state index is 8.26. The van der Waals surface area contributed by atoms with Crippen LogP contribution in [-0.2, 0) is 4.84 Å². The summed E-state index contributed by atoms with van der Waals surface area (Å²) in [5, 5.41) is 11.7. The number of hydrogen-bond donors (Lipinski definition) is 1. The number of rotatable bonds is 4. The van der Waals surface area contributed by atoms with Crippen molar-refractivity contribution in [3.05, 3.63) is 0 Å². The molecule has 0 atom stereocenters. The lowest BCUT2D eigenvalue weighted by molar-refractivity contribution is 0.214. The van der Waals surface area contributed by atoms with Gasteiger partial charge in [0.1, 0.15) is 7.11 Å². The third-order valence-corrected chi connectivity index (χ3v) is 0.671. The van der Waals surface area contributed by atoms with Crippen LogP contribution in [0.25, 0.3) is 0 Å². The van der Waals surface area contributed by atoms with E-state index in [4.69, 9.17) is 5.11 Å². The van der Waals surface area contributed by atoms with Crippen molar-refractivity contribution in [1.29, 1.82) is 0 Å². The fraction of sp³-hybridized carbons (Fsp3) is 0.800. The van der Waals surface area contributed by atoms with Crippen molar-refractivity contribution in [3.8, 4) is 0 Å². The first-order valence-electron chi connectivity index (χ1n) is 2.57. The molecule has 0 saturated carbocycles. The van der Waals surface area contributed by atoms with Gasteiger partial charge >= 0.3 is 0 Å². The number of unbranched alkanes of at least 4 members (excludes halogenated alkanes) is 1. The molecule has 0 spiro atoms. The van der Waals surface area contributed by atoms with Gasteiger partial charge in [0, 0.05) is 12.8 Å². The van der Waals surface area contributed by atoms with Crippen LogP contribution in [0.5, 0.6) is 0 Å². The molecule has 8 heavy (non-hydrogen) atoms. The lowest BCUT2D eigenvalue weighted by Gasteiger charge is -1.85. The number of oxime groups is 1. The van der Waals surface area contributed by atoms with Crippen LogP contribution in [0.2, 0.25) is 0 Å². The Morgan fingerprint density at radius 2 is 2.50 bits per heavy atom. The van der Waals surface area contributed by atoms with Crippen LogP contribution in [0.1, 0.15) is 12.8 Å². The quantitative estimate of drug-likeness (QED) is 0.329. The maximum Gasteiger partial charge on any atom is 0.106 e. The lowest BCUT2D eigenvalue weighted by Crippen LogP contribution is -1.82. The van der Waals surface area contributed by atoms with Gasteiger partial charge in [-0.2, -0.15) is 0 Å². The molecule has 1 N–H and O–H groups in total. The van der Waals surface area contributed by atoms with E-state index in [1.54, 1.807) is 6.21 Å². The van der Waals surface area contributed by atoms with Crippen LogP contribution in [0.4, 0.5) is 0 Å². The van der Waals surface area contributed by atoms with E-state index >= 15 is 0 Å². The second-order valence-electron chi connectivity index (χ2n) is 1.34. The molecule has 48 valence electrons. The van der Waals surface area contributed by atoms with Crippen LogP contribution in [-0.4, -0.2) is 25.0 Å². The standard InChI is InChI=1S/C5H11NO2/c1-8-6-4-2-3-5-7/h4,7H,2-3,5H2,1H3. The monoisotopic (exact) mass is 117 g/mol. The summed E-state index contributed by atoms with van der Waals surface area (Å²) in [6.07, 6.45) is 3.17. The molecule has 0 radical (unpaired) electrons. The zero-order chi connectivity index (χ0) is 6.24. The third-order valence-electron chi connectivity index (χ3n) is 0.671. The van der Waals surface area contributed by atoms with Crippen molar-refractivity contribution in [2.24, 2.45) is 5.16 Å². The fourth-order valence-electron chi connectivity index (χ4n) is 0.310. The molecule has 3 nitrogen and oxygen atoms in total. The molecule has 0 aromatic carbocycles. The van der Waals surface area contributed by atoms with Crippen LogP contribution in [0.3, 0.4) is 0 Å². The SMILES string of the molecule is CON=CCCCO. The van der Waals surface area contributed by atoms with Gasteiger partial charge < -0.3 is 9.94 Å². The molecule has 0 aliphatic heterocycles. The van der Waals surface area contributed by atoms with Crippen LogP contribution >= 0.6 is 0 Å². The maximum atomic E-state index is 8.26. The second kappa shape index (κ2) is 6.43. The van der Waals surface area contributed by atoms with E-state index < -0.39 is 0 Å². The fourth-order valence-corrected chi connectivity index (χ4v) is 0.310. The average molecular weight is 117 g/mol. The Labute approximate surface area is 49.0 Å². The Bertz CT molecular complexity index is 63.4. The first-order chi connectivity index (χ1) is 3.91. The summed E-state index contributed by atoms with van der Waals surface area (Å²) < 4.78 is 0. The van der Waals surface area contributed by atoms with Gasteiger partial charge in [-0.1, -0.05) is 5.16 Å². The summed E-state index contributed by atoms with van der Waals surface area (Å²) in [6, 6.07) is 0. The lowest BCUT2D eigenvalue weighted by atomic mass is 10.3. The molecule has 0 bridgehead atoms. The Balaban J connectivity index is 2.80. The second-order valence-corrected chi connectivity index (χ2v) is 1.34. The average Bonchev–Trinajstić information content (AvgIpc) is 1.81. The van der Waals surface area contributed by atoms with Gasteiger partial charge in [0.25, 0.3) is 0 Å². The summed E-state index contributed by atoms with van der Waals surface area (Å²) in [7, 11) is 1.50. The van der Waals surface area contributed by atoms with Gasteiger partial charge in [0.2, 0.25) is 0 Å².